The van der Waals surface area contributed by atoms with Crippen LogP contribution < -0.4 is 10.7 Å². The maximum absolute atomic E-state index is 11.8. The van der Waals surface area contributed by atoms with Gasteiger partial charge < -0.3 is 9.73 Å². The Bertz CT molecular complexity index is 719. The summed E-state index contributed by atoms with van der Waals surface area (Å²) < 4.78 is 5.24. The number of carbonyl (C=O) groups excluding carboxylic acids is 2. The van der Waals surface area contributed by atoms with E-state index < -0.39 is 0 Å². The van der Waals surface area contributed by atoms with Gasteiger partial charge in [0.25, 0.3) is 0 Å². The van der Waals surface area contributed by atoms with Crippen molar-refractivity contribution in [2.75, 3.05) is 5.32 Å². The summed E-state index contributed by atoms with van der Waals surface area (Å²) in [7, 11) is 0. The Balaban J connectivity index is 1.66. The van der Waals surface area contributed by atoms with E-state index in [2.05, 4.69) is 15.8 Å². The summed E-state index contributed by atoms with van der Waals surface area (Å²) in [5, 5.41) is 6.80. The molecule has 0 spiro atoms. The average Bonchev–Trinajstić information content (AvgIpc) is 3.12. The van der Waals surface area contributed by atoms with Crippen molar-refractivity contribution in [1.82, 2.24) is 5.43 Å². The molecule has 0 saturated heterocycles. The predicted molar refractivity (Wildman–Crippen MR) is 97.3 cm³/mol. The van der Waals surface area contributed by atoms with Gasteiger partial charge in [0.1, 0.15) is 5.76 Å². The molecule has 0 bridgehead atoms. The molecular weight excluding hydrogens is 318 g/mol. The van der Waals surface area contributed by atoms with Crippen LogP contribution in [0.4, 0.5) is 5.69 Å². The number of amides is 2. The van der Waals surface area contributed by atoms with Crippen molar-refractivity contribution < 1.29 is 14.0 Å². The molecule has 132 valence electrons. The maximum Gasteiger partial charge on any atom is 0.240 e. The zero-order chi connectivity index (χ0) is 18.1. The molecule has 0 atom stereocenters. The van der Waals surface area contributed by atoms with Gasteiger partial charge in [-0.15, -0.1) is 0 Å². The zero-order valence-corrected chi connectivity index (χ0v) is 14.5. The van der Waals surface area contributed by atoms with Gasteiger partial charge in [0, 0.05) is 30.7 Å². The lowest BCUT2D eigenvalue weighted by Crippen LogP contribution is -2.21. The van der Waals surface area contributed by atoms with Crippen LogP contribution in [-0.2, 0) is 16.0 Å². The van der Waals surface area contributed by atoms with Crippen LogP contribution in [0.1, 0.15) is 37.5 Å². The number of rotatable bonds is 8. The van der Waals surface area contributed by atoms with Crippen molar-refractivity contribution in [2.45, 2.75) is 39.5 Å². The number of carbonyl (C=O) groups is 2. The fourth-order valence-electron chi connectivity index (χ4n) is 2.12. The molecule has 0 radical (unpaired) electrons. The van der Waals surface area contributed by atoms with Crippen molar-refractivity contribution in [2.24, 2.45) is 5.10 Å². The molecule has 6 nitrogen and oxygen atoms in total. The Morgan fingerprint density at radius 3 is 2.44 bits per heavy atom. The van der Waals surface area contributed by atoms with E-state index in [9.17, 15) is 9.59 Å². The molecule has 2 aromatic rings. The van der Waals surface area contributed by atoms with Crippen LogP contribution in [-0.4, -0.2) is 17.5 Å². The van der Waals surface area contributed by atoms with Crippen LogP contribution in [0.15, 0.2) is 52.2 Å². The third-order valence-corrected chi connectivity index (χ3v) is 3.60. The van der Waals surface area contributed by atoms with Gasteiger partial charge in [0.05, 0.1) is 6.26 Å². The van der Waals surface area contributed by atoms with Crippen LogP contribution in [0.5, 0.6) is 0 Å². The number of nitrogens with one attached hydrogen (secondary N) is 2. The summed E-state index contributed by atoms with van der Waals surface area (Å²) in [5.74, 6) is 0.405. The number of anilines is 1. The summed E-state index contributed by atoms with van der Waals surface area (Å²) in [6.07, 6.45) is 3.26. The Morgan fingerprint density at radius 2 is 1.76 bits per heavy atom. The summed E-state index contributed by atoms with van der Waals surface area (Å²) in [4.78, 5) is 23.6. The first-order valence-corrected chi connectivity index (χ1v) is 8.24. The molecule has 2 rings (SSSR count). The Hall–Kier alpha value is -2.89. The van der Waals surface area contributed by atoms with Crippen LogP contribution >= 0.6 is 0 Å². The minimum atomic E-state index is -0.281. The van der Waals surface area contributed by atoms with Gasteiger partial charge in [-0.25, -0.2) is 5.43 Å². The van der Waals surface area contributed by atoms with Gasteiger partial charge in [0.2, 0.25) is 11.8 Å². The molecule has 0 unspecified atom stereocenters. The second-order valence-electron chi connectivity index (χ2n) is 5.88. The van der Waals surface area contributed by atoms with E-state index in [4.69, 9.17) is 4.42 Å². The highest BCUT2D eigenvalue weighted by Gasteiger charge is 2.07. The van der Waals surface area contributed by atoms with Gasteiger partial charge >= 0.3 is 0 Å². The van der Waals surface area contributed by atoms with Gasteiger partial charge in [-0.3, -0.25) is 9.59 Å². The molecule has 25 heavy (non-hydrogen) atoms. The molecule has 0 fully saturated rings. The number of benzene rings is 1. The van der Waals surface area contributed by atoms with Crippen molar-refractivity contribution in [3.63, 3.8) is 0 Å². The second kappa shape index (κ2) is 9.42. The molecule has 0 aliphatic rings. The highest BCUT2D eigenvalue weighted by atomic mass is 16.3. The van der Waals surface area contributed by atoms with E-state index in [0.29, 0.717) is 6.42 Å². The molecule has 2 amide bonds. The minimum absolute atomic E-state index is 0.0899. The van der Waals surface area contributed by atoms with Crippen LogP contribution in [0.3, 0.4) is 0 Å². The first kappa shape index (κ1) is 18.4. The summed E-state index contributed by atoms with van der Waals surface area (Å²) in [5.41, 5.74) is 5.13. The van der Waals surface area contributed by atoms with Crippen LogP contribution in [0, 0.1) is 6.92 Å². The molecule has 1 aromatic carbocycles. The highest BCUT2D eigenvalue weighted by Crippen LogP contribution is 2.09. The fraction of sp³-hybridized carbons (Fsp3) is 0.316. The first-order chi connectivity index (χ1) is 12.0. The monoisotopic (exact) mass is 341 g/mol. The van der Waals surface area contributed by atoms with Crippen LogP contribution in [0.2, 0.25) is 0 Å². The maximum atomic E-state index is 11.8. The van der Waals surface area contributed by atoms with E-state index in [1.807, 2.05) is 50.2 Å². The van der Waals surface area contributed by atoms with Crippen molar-refractivity contribution in [3.8, 4) is 0 Å². The molecular formula is C19H23N3O3. The molecule has 0 saturated carbocycles. The zero-order valence-electron chi connectivity index (χ0n) is 14.5. The molecule has 2 N–H and O–H groups in total. The van der Waals surface area contributed by atoms with E-state index in [1.165, 1.54) is 0 Å². The van der Waals surface area contributed by atoms with E-state index in [0.717, 1.165) is 29.1 Å². The number of aryl methyl sites for hydroxylation is 2. The Kier molecular flexibility index (Phi) is 6.95. The summed E-state index contributed by atoms with van der Waals surface area (Å²) >= 11 is 0. The standard InChI is InChI=1S/C19H23N3O3/c1-14-5-8-16(9-6-14)20-18(23)11-12-19(24)22-21-15(2)7-10-17-4-3-13-25-17/h3-6,8-9,13H,7,10-12H2,1-2H3,(H,20,23)(H,22,24)/b21-15-. The SMILES string of the molecule is C/C(CCc1ccco1)=N/NC(=O)CCC(=O)Nc1ccc(C)cc1. The van der Waals surface area contributed by atoms with E-state index >= 15 is 0 Å². The highest BCUT2D eigenvalue weighted by molar-refractivity contribution is 5.93. The average molecular weight is 341 g/mol. The normalized spacial score (nSPS) is 11.2. The van der Waals surface area contributed by atoms with Gasteiger partial charge in [-0.1, -0.05) is 17.7 Å². The lowest BCUT2D eigenvalue weighted by Gasteiger charge is -2.05. The van der Waals surface area contributed by atoms with E-state index in [-0.39, 0.29) is 24.7 Å². The van der Waals surface area contributed by atoms with Crippen LogP contribution in [0.25, 0.3) is 0 Å². The lowest BCUT2D eigenvalue weighted by molar-refractivity contribution is -0.124. The van der Waals surface area contributed by atoms with Crippen molar-refractivity contribution in [3.05, 3.63) is 54.0 Å². The topological polar surface area (TPSA) is 83.7 Å². The largest absolute Gasteiger partial charge is 0.469 e. The van der Waals surface area contributed by atoms with Gasteiger partial charge in [-0.05, 0) is 44.5 Å². The van der Waals surface area contributed by atoms with E-state index in [1.54, 1.807) is 6.26 Å². The summed E-state index contributed by atoms with van der Waals surface area (Å²) in [6.45, 7) is 3.82. The van der Waals surface area contributed by atoms with Crippen molar-refractivity contribution >= 4 is 23.2 Å². The van der Waals surface area contributed by atoms with Gasteiger partial charge in [0.15, 0.2) is 0 Å². The Morgan fingerprint density at radius 1 is 1.04 bits per heavy atom. The molecule has 1 heterocycles. The molecule has 0 aliphatic carbocycles. The number of hydrogen-bond donors (Lipinski definition) is 2. The molecule has 1 aromatic heterocycles. The van der Waals surface area contributed by atoms with Crippen molar-refractivity contribution in [1.29, 1.82) is 0 Å². The third-order valence-electron chi connectivity index (χ3n) is 3.60. The molecule has 0 aliphatic heterocycles. The number of hydrogen-bond acceptors (Lipinski definition) is 4. The number of furan rings is 1. The fourth-order valence-corrected chi connectivity index (χ4v) is 2.12. The third kappa shape index (κ3) is 7.03. The lowest BCUT2D eigenvalue weighted by atomic mass is 10.2. The Labute approximate surface area is 147 Å². The van der Waals surface area contributed by atoms with Gasteiger partial charge in [-0.2, -0.15) is 5.10 Å². The number of hydrazone groups is 1. The molecule has 6 heteroatoms. The number of nitrogens with zero attached hydrogens (tertiary/aromatic N) is 1. The quantitative estimate of drug-likeness (QED) is 0.570. The summed E-state index contributed by atoms with van der Waals surface area (Å²) in [6, 6.07) is 11.2. The predicted octanol–water partition coefficient (Wildman–Crippen LogP) is 3.43. The first-order valence-electron chi connectivity index (χ1n) is 8.24. The minimum Gasteiger partial charge on any atom is -0.469 e. The second-order valence-corrected chi connectivity index (χ2v) is 5.88. The smallest absolute Gasteiger partial charge is 0.240 e.